The van der Waals surface area contributed by atoms with Crippen molar-refractivity contribution in [1.29, 1.82) is 0 Å². The lowest BCUT2D eigenvalue weighted by atomic mass is 10.1. The van der Waals surface area contributed by atoms with Crippen molar-refractivity contribution < 1.29 is 36.2 Å². The lowest BCUT2D eigenvalue weighted by molar-refractivity contribution is -0.125. The van der Waals surface area contributed by atoms with E-state index >= 15 is 0 Å². The Bertz CT molecular complexity index is 1090. The van der Waals surface area contributed by atoms with E-state index < -0.39 is 16.6 Å². The summed E-state index contributed by atoms with van der Waals surface area (Å²) in [6.45, 7) is -2.89. The van der Waals surface area contributed by atoms with Crippen molar-refractivity contribution in [2.24, 2.45) is 0 Å². The maximum atomic E-state index is 12.6. The number of nitrogens with zero attached hydrogens (tertiary/aromatic N) is 1. The predicted octanol–water partition coefficient (Wildman–Crippen LogP) is 2.89. The Morgan fingerprint density at radius 2 is 1.75 bits per heavy atom. The van der Waals surface area contributed by atoms with E-state index in [4.69, 9.17) is 9.47 Å². The van der Waals surface area contributed by atoms with Crippen molar-refractivity contribution in [3.63, 3.8) is 0 Å². The zero-order valence-electron chi connectivity index (χ0n) is 18.0. The smallest absolute Gasteiger partial charge is 0.387 e. The average Bonchev–Trinajstić information content (AvgIpc) is 2.77. The summed E-state index contributed by atoms with van der Waals surface area (Å²) >= 11 is 0. The van der Waals surface area contributed by atoms with E-state index in [1.807, 2.05) is 0 Å². The van der Waals surface area contributed by atoms with Crippen molar-refractivity contribution in [2.45, 2.75) is 18.1 Å². The number of amides is 1. The van der Waals surface area contributed by atoms with Gasteiger partial charge in [-0.15, -0.1) is 0 Å². The standard InChI is InChI=1S/C21H24F2N2O6S/c1-24-32(27,28)19-12-14(5-9-17(19)30-4)7-10-20(26)25(2)13-15-6-8-16(29-3)18(11-15)31-21(22)23/h5-12,21,24H,13H2,1-4H3/b10-7+. The lowest BCUT2D eigenvalue weighted by Crippen LogP contribution is -2.24. The molecule has 8 nitrogen and oxygen atoms in total. The summed E-state index contributed by atoms with van der Waals surface area (Å²) < 4.78 is 66.3. The maximum Gasteiger partial charge on any atom is 0.387 e. The van der Waals surface area contributed by atoms with Crippen molar-refractivity contribution in [1.82, 2.24) is 9.62 Å². The van der Waals surface area contributed by atoms with E-state index in [0.29, 0.717) is 11.1 Å². The molecule has 2 aromatic rings. The SMILES string of the molecule is CNS(=O)(=O)c1cc(/C=C/C(=O)N(C)Cc2ccc(OC)c(OC(F)F)c2)ccc1OC. The van der Waals surface area contributed by atoms with Gasteiger partial charge in [-0.05, 0) is 48.5 Å². The Morgan fingerprint density at radius 1 is 1.09 bits per heavy atom. The molecule has 0 atom stereocenters. The summed E-state index contributed by atoms with van der Waals surface area (Å²) in [6, 6.07) is 8.95. The molecular formula is C21H24F2N2O6S. The Balaban J connectivity index is 2.17. The molecule has 1 amide bonds. The van der Waals surface area contributed by atoms with Crippen molar-refractivity contribution in [2.75, 3.05) is 28.3 Å². The van der Waals surface area contributed by atoms with E-state index in [2.05, 4.69) is 9.46 Å². The molecule has 0 saturated heterocycles. The molecule has 0 aliphatic heterocycles. The summed E-state index contributed by atoms with van der Waals surface area (Å²) in [4.78, 5) is 13.8. The summed E-state index contributed by atoms with van der Waals surface area (Å²) in [5, 5.41) is 0. The zero-order chi connectivity index (χ0) is 23.9. The highest BCUT2D eigenvalue weighted by Gasteiger charge is 2.18. The van der Waals surface area contributed by atoms with Crippen LogP contribution >= 0.6 is 0 Å². The highest BCUT2D eigenvalue weighted by molar-refractivity contribution is 7.89. The molecule has 0 bridgehead atoms. The molecule has 0 radical (unpaired) electrons. The maximum absolute atomic E-state index is 12.6. The third-order valence-corrected chi connectivity index (χ3v) is 5.84. The van der Waals surface area contributed by atoms with Crippen molar-refractivity contribution in [3.05, 3.63) is 53.6 Å². The molecule has 0 unspecified atom stereocenters. The van der Waals surface area contributed by atoms with Gasteiger partial charge in [0, 0.05) is 19.7 Å². The van der Waals surface area contributed by atoms with Gasteiger partial charge in [-0.25, -0.2) is 13.1 Å². The van der Waals surface area contributed by atoms with Gasteiger partial charge in [0.05, 0.1) is 14.2 Å². The van der Waals surface area contributed by atoms with E-state index in [0.717, 1.165) is 0 Å². The fraction of sp³-hybridized carbons (Fsp3) is 0.286. The van der Waals surface area contributed by atoms with E-state index in [1.54, 1.807) is 12.1 Å². The van der Waals surface area contributed by atoms with Crippen molar-refractivity contribution >= 4 is 22.0 Å². The van der Waals surface area contributed by atoms with Gasteiger partial charge < -0.3 is 19.1 Å². The highest BCUT2D eigenvalue weighted by atomic mass is 32.2. The largest absolute Gasteiger partial charge is 0.495 e. The second kappa shape index (κ2) is 10.9. The monoisotopic (exact) mass is 470 g/mol. The van der Waals surface area contributed by atoms with Crippen LogP contribution in [0.2, 0.25) is 0 Å². The number of carbonyl (C=O) groups excluding carboxylic acids is 1. The van der Waals surface area contributed by atoms with Crippen LogP contribution < -0.4 is 18.9 Å². The second-order valence-corrected chi connectivity index (χ2v) is 8.36. The van der Waals surface area contributed by atoms with Crippen LogP contribution in [0.5, 0.6) is 17.2 Å². The number of likely N-dealkylation sites (N-methyl/N-ethyl adjacent to an activating group) is 1. The van der Waals surface area contributed by atoms with Crippen LogP contribution in [0.4, 0.5) is 8.78 Å². The minimum Gasteiger partial charge on any atom is -0.495 e. The summed E-state index contributed by atoms with van der Waals surface area (Å²) in [6.07, 6.45) is 2.74. The zero-order valence-corrected chi connectivity index (χ0v) is 18.8. The van der Waals surface area contributed by atoms with Crippen LogP contribution in [-0.4, -0.2) is 54.2 Å². The first-order valence-corrected chi connectivity index (χ1v) is 10.8. The van der Waals surface area contributed by atoms with Crippen LogP contribution in [0, 0.1) is 0 Å². The van der Waals surface area contributed by atoms with Crippen LogP contribution in [0.1, 0.15) is 11.1 Å². The fourth-order valence-electron chi connectivity index (χ4n) is 2.77. The van der Waals surface area contributed by atoms with Gasteiger partial charge in [0.1, 0.15) is 10.6 Å². The number of hydrogen-bond donors (Lipinski definition) is 1. The molecule has 0 spiro atoms. The van der Waals surface area contributed by atoms with Gasteiger partial charge in [0.15, 0.2) is 11.5 Å². The first-order valence-electron chi connectivity index (χ1n) is 9.27. The third kappa shape index (κ3) is 6.41. The van der Waals surface area contributed by atoms with Crippen molar-refractivity contribution in [3.8, 4) is 17.2 Å². The number of nitrogens with one attached hydrogen (secondary N) is 1. The van der Waals surface area contributed by atoms with Crippen LogP contribution in [0.15, 0.2) is 47.4 Å². The molecule has 2 aromatic carbocycles. The fourth-order valence-corrected chi connectivity index (χ4v) is 3.70. The van der Waals surface area contributed by atoms with E-state index in [-0.39, 0.29) is 34.6 Å². The topological polar surface area (TPSA) is 94.2 Å². The molecule has 32 heavy (non-hydrogen) atoms. The molecule has 0 aliphatic carbocycles. The van der Waals surface area contributed by atoms with Gasteiger partial charge in [-0.3, -0.25) is 4.79 Å². The molecule has 0 aliphatic rings. The number of alkyl halides is 2. The van der Waals surface area contributed by atoms with Crippen LogP contribution in [0.25, 0.3) is 6.08 Å². The normalized spacial score (nSPS) is 11.6. The average molecular weight is 470 g/mol. The quantitative estimate of drug-likeness (QED) is 0.537. The molecule has 11 heteroatoms. The first-order chi connectivity index (χ1) is 15.1. The van der Waals surface area contributed by atoms with Gasteiger partial charge in [-0.1, -0.05) is 12.1 Å². The molecule has 1 N–H and O–H groups in total. The Morgan fingerprint density at radius 3 is 2.34 bits per heavy atom. The van der Waals surface area contributed by atoms with Crippen LogP contribution in [0.3, 0.4) is 0 Å². The number of benzene rings is 2. The molecule has 0 fully saturated rings. The molecule has 2 rings (SSSR count). The lowest BCUT2D eigenvalue weighted by Gasteiger charge is -2.17. The number of halogens is 2. The van der Waals surface area contributed by atoms with E-state index in [1.165, 1.54) is 69.6 Å². The summed E-state index contributed by atoms with van der Waals surface area (Å²) in [7, 11) is 1.75. The Kier molecular flexibility index (Phi) is 8.56. The predicted molar refractivity (Wildman–Crippen MR) is 114 cm³/mol. The molecule has 0 saturated carbocycles. The van der Waals surface area contributed by atoms with Gasteiger partial charge >= 0.3 is 6.61 Å². The molecule has 0 aromatic heterocycles. The highest BCUT2D eigenvalue weighted by Crippen LogP contribution is 2.30. The molecular weight excluding hydrogens is 446 g/mol. The van der Waals surface area contributed by atoms with Crippen LogP contribution in [-0.2, 0) is 21.4 Å². The number of rotatable bonds is 10. The molecule has 174 valence electrons. The summed E-state index contributed by atoms with van der Waals surface area (Å²) in [5.74, 6) is -0.199. The first kappa shape index (κ1) is 25.1. The van der Waals surface area contributed by atoms with Gasteiger partial charge in [-0.2, -0.15) is 8.78 Å². The number of methoxy groups -OCH3 is 2. The Labute approximate surface area is 185 Å². The minimum atomic E-state index is -3.76. The third-order valence-electron chi connectivity index (χ3n) is 4.40. The molecule has 0 heterocycles. The number of carbonyl (C=O) groups is 1. The van der Waals surface area contributed by atoms with E-state index in [9.17, 15) is 22.0 Å². The second-order valence-electron chi connectivity index (χ2n) is 6.51. The van der Waals surface area contributed by atoms with Gasteiger partial charge in [0.25, 0.3) is 0 Å². The number of ether oxygens (including phenoxy) is 3. The summed E-state index contributed by atoms with van der Waals surface area (Å²) in [5.41, 5.74) is 1.02. The number of hydrogen-bond acceptors (Lipinski definition) is 6. The van der Waals surface area contributed by atoms with Gasteiger partial charge in [0.2, 0.25) is 15.9 Å². The Hall–Kier alpha value is -3.18. The minimum absolute atomic E-state index is 0.0600. The number of sulfonamides is 1.